The van der Waals surface area contributed by atoms with E-state index < -0.39 is 0 Å². The van der Waals surface area contributed by atoms with Crippen LogP contribution in [0.15, 0.2) is 35.4 Å². The molecule has 2 aromatic rings. The molecule has 29 heavy (non-hydrogen) atoms. The first-order valence-corrected chi connectivity index (χ1v) is 10.3. The Kier molecular flexibility index (Phi) is 9.04. The van der Waals surface area contributed by atoms with E-state index in [2.05, 4.69) is 40.0 Å². The fraction of sp³-hybridized carbons (Fsp3) is 0.333. The zero-order chi connectivity index (χ0) is 21.2. The number of halogens is 1. The van der Waals surface area contributed by atoms with Gasteiger partial charge in [0.2, 0.25) is 0 Å². The number of hydrogen-bond donors (Lipinski definition) is 1. The van der Waals surface area contributed by atoms with Gasteiger partial charge < -0.3 is 18.9 Å². The van der Waals surface area contributed by atoms with E-state index in [4.69, 9.17) is 18.9 Å². The van der Waals surface area contributed by atoms with Gasteiger partial charge in [-0.15, -0.1) is 0 Å². The molecule has 0 fully saturated rings. The first-order chi connectivity index (χ1) is 14.0. The van der Waals surface area contributed by atoms with Crippen molar-refractivity contribution in [3.05, 3.63) is 45.0 Å². The maximum absolute atomic E-state index is 12.3. The molecule has 0 atom stereocenters. The topological polar surface area (TPSA) is 78.4 Å². The van der Waals surface area contributed by atoms with Gasteiger partial charge in [-0.25, -0.2) is 5.43 Å². The summed E-state index contributed by atoms with van der Waals surface area (Å²) >= 11 is 2.20. The molecule has 0 aliphatic rings. The summed E-state index contributed by atoms with van der Waals surface area (Å²) in [5.41, 5.74) is 3.71. The lowest BCUT2D eigenvalue weighted by Gasteiger charge is -2.14. The van der Waals surface area contributed by atoms with E-state index in [0.717, 1.165) is 21.3 Å². The van der Waals surface area contributed by atoms with Crippen LogP contribution in [0.25, 0.3) is 0 Å². The van der Waals surface area contributed by atoms with Crippen LogP contribution >= 0.6 is 22.6 Å². The van der Waals surface area contributed by atoms with E-state index in [1.165, 1.54) is 7.11 Å². The van der Waals surface area contributed by atoms with Crippen molar-refractivity contribution in [1.29, 1.82) is 0 Å². The Hall–Kier alpha value is -2.49. The fourth-order valence-electron chi connectivity index (χ4n) is 2.48. The van der Waals surface area contributed by atoms with E-state index >= 15 is 0 Å². The Morgan fingerprint density at radius 3 is 2.48 bits per heavy atom. The van der Waals surface area contributed by atoms with Gasteiger partial charge in [-0.05, 0) is 71.8 Å². The van der Waals surface area contributed by atoms with Gasteiger partial charge in [-0.2, -0.15) is 5.10 Å². The van der Waals surface area contributed by atoms with Crippen LogP contribution in [-0.2, 0) is 0 Å². The van der Waals surface area contributed by atoms with Crippen molar-refractivity contribution in [2.45, 2.75) is 20.3 Å². The highest BCUT2D eigenvalue weighted by Gasteiger charge is 2.12. The lowest BCUT2D eigenvalue weighted by atomic mass is 10.2. The first-order valence-electron chi connectivity index (χ1n) is 9.18. The standard InChI is InChI=1S/C21H25IN2O5/c1-5-9-29-20-16(22)10-14(11-19(20)28-6-2)13-23-24-21(25)15-7-8-17(26-3)18(12-15)27-4/h7-8,10-13H,5-6,9H2,1-4H3,(H,24,25)/b23-13+. The minimum absolute atomic E-state index is 0.357. The van der Waals surface area contributed by atoms with Gasteiger partial charge in [-0.3, -0.25) is 4.79 Å². The summed E-state index contributed by atoms with van der Waals surface area (Å²) < 4.78 is 22.8. The second-order valence-electron chi connectivity index (χ2n) is 5.88. The number of carbonyl (C=O) groups is 1. The monoisotopic (exact) mass is 512 g/mol. The third-order valence-electron chi connectivity index (χ3n) is 3.81. The summed E-state index contributed by atoms with van der Waals surface area (Å²) in [6, 6.07) is 8.66. The summed E-state index contributed by atoms with van der Waals surface area (Å²) in [7, 11) is 3.06. The second kappa shape index (κ2) is 11.5. The Labute approximate surface area is 184 Å². The highest BCUT2D eigenvalue weighted by Crippen LogP contribution is 2.34. The van der Waals surface area contributed by atoms with Crippen molar-refractivity contribution < 1.29 is 23.7 Å². The summed E-state index contributed by atoms with van der Waals surface area (Å²) in [6.45, 7) is 5.11. The number of nitrogens with one attached hydrogen (secondary N) is 1. The predicted molar refractivity (Wildman–Crippen MR) is 121 cm³/mol. The van der Waals surface area contributed by atoms with E-state index in [0.29, 0.717) is 36.0 Å². The number of rotatable bonds is 10. The van der Waals surface area contributed by atoms with Crippen molar-refractivity contribution in [1.82, 2.24) is 5.43 Å². The van der Waals surface area contributed by atoms with Crippen LogP contribution in [0.3, 0.4) is 0 Å². The van der Waals surface area contributed by atoms with Gasteiger partial charge in [0.15, 0.2) is 23.0 Å². The normalized spacial score (nSPS) is 10.7. The van der Waals surface area contributed by atoms with Gasteiger partial charge in [0.1, 0.15) is 0 Å². The Bertz CT molecular complexity index is 870. The molecule has 0 unspecified atom stereocenters. The molecule has 0 bridgehead atoms. The number of hydrogen-bond acceptors (Lipinski definition) is 6. The van der Waals surface area contributed by atoms with Gasteiger partial charge in [0.25, 0.3) is 5.91 Å². The summed E-state index contributed by atoms with van der Waals surface area (Å²) in [4.78, 5) is 12.3. The molecule has 2 rings (SSSR count). The zero-order valence-corrected chi connectivity index (χ0v) is 19.1. The molecule has 156 valence electrons. The quantitative estimate of drug-likeness (QED) is 0.293. The largest absolute Gasteiger partial charge is 0.493 e. The maximum Gasteiger partial charge on any atom is 0.271 e. The van der Waals surface area contributed by atoms with Crippen molar-refractivity contribution in [2.75, 3.05) is 27.4 Å². The molecule has 1 N–H and O–H groups in total. The van der Waals surface area contributed by atoms with Gasteiger partial charge >= 0.3 is 0 Å². The molecule has 0 aromatic heterocycles. The van der Waals surface area contributed by atoms with Crippen LogP contribution in [0, 0.1) is 3.57 Å². The maximum atomic E-state index is 12.3. The van der Waals surface area contributed by atoms with Gasteiger partial charge in [-0.1, -0.05) is 6.92 Å². The number of benzene rings is 2. The van der Waals surface area contributed by atoms with Crippen molar-refractivity contribution in [3.63, 3.8) is 0 Å². The molecule has 8 heteroatoms. The predicted octanol–water partition coefficient (Wildman–Crippen LogP) is 4.26. The van der Waals surface area contributed by atoms with Crippen molar-refractivity contribution in [3.8, 4) is 23.0 Å². The molecule has 1 amide bonds. The molecule has 7 nitrogen and oxygen atoms in total. The Morgan fingerprint density at radius 2 is 1.83 bits per heavy atom. The summed E-state index contributed by atoms with van der Waals surface area (Å²) in [6.07, 6.45) is 2.47. The average molecular weight is 512 g/mol. The number of methoxy groups -OCH3 is 2. The Balaban J connectivity index is 2.14. The molecule has 0 aliphatic carbocycles. The number of hydrazone groups is 1. The molecule has 2 aromatic carbocycles. The number of amides is 1. The highest BCUT2D eigenvalue weighted by molar-refractivity contribution is 14.1. The Morgan fingerprint density at radius 1 is 1.07 bits per heavy atom. The van der Waals surface area contributed by atoms with E-state index in [9.17, 15) is 4.79 Å². The minimum atomic E-state index is -0.357. The van der Waals surface area contributed by atoms with Crippen LogP contribution in [0.2, 0.25) is 0 Å². The molecule has 0 spiro atoms. The third kappa shape index (κ3) is 6.25. The molecular formula is C21H25IN2O5. The van der Waals surface area contributed by atoms with Gasteiger partial charge in [0.05, 0.1) is 37.2 Å². The van der Waals surface area contributed by atoms with E-state index in [1.54, 1.807) is 31.5 Å². The van der Waals surface area contributed by atoms with Crippen molar-refractivity contribution in [2.24, 2.45) is 5.10 Å². The average Bonchev–Trinajstić information content (AvgIpc) is 2.72. The van der Waals surface area contributed by atoms with Gasteiger partial charge in [0, 0.05) is 5.56 Å². The van der Waals surface area contributed by atoms with E-state index in [1.807, 2.05) is 19.1 Å². The minimum Gasteiger partial charge on any atom is -0.493 e. The van der Waals surface area contributed by atoms with Crippen molar-refractivity contribution >= 4 is 34.7 Å². The second-order valence-corrected chi connectivity index (χ2v) is 7.04. The number of ether oxygens (including phenoxy) is 4. The number of nitrogens with zero attached hydrogens (tertiary/aromatic N) is 1. The lowest BCUT2D eigenvalue weighted by molar-refractivity contribution is 0.0954. The van der Waals surface area contributed by atoms with Crippen LogP contribution < -0.4 is 24.4 Å². The fourth-order valence-corrected chi connectivity index (χ4v) is 3.26. The molecule has 0 aliphatic heterocycles. The van der Waals surface area contributed by atoms with Crippen LogP contribution in [0.4, 0.5) is 0 Å². The zero-order valence-electron chi connectivity index (χ0n) is 17.0. The molecule has 0 saturated heterocycles. The van der Waals surface area contributed by atoms with E-state index in [-0.39, 0.29) is 5.91 Å². The molecule has 0 radical (unpaired) electrons. The van der Waals surface area contributed by atoms with Crippen LogP contribution in [0.1, 0.15) is 36.2 Å². The van der Waals surface area contributed by atoms with Crippen LogP contribution in [-0.4, -0.2) is 39.6 Å². The molecule has 0 heterocycles. The van der Waals surface area contributed by atoms with Crippen LogP contribution in [0.5, 0.6) is 23.0 Å². The summed E-state index contributed by atoms with van der Waals surface area (Å²) in [5, 5.41) is 4.05. The summed E-state index contributed by atoms with van der Waals surface area (Å²) in [5.74, 6) is 2.05. The number of carbonyl (C=O) groups excluding carboxylic acids is 1. The lowest BCUT2D eigenvalue weighted by Crippen LogP contribution is -2.17. The first kappa shape index (κ1) is 22.8. The third-order valence-corrected chi connectivity index (χ3v) is 4.61. The smallest absolute Gasteiger partial charge is 0.271 e. The SMILES string of the molecule is CCCOc1c(I)cc(/C=N/NC(=O)c2ccc(OC)c(OC)c2)cc1OCC. The highest BCUT2D eigenvalue weighted by atomic mass is 127. The molecular weight excluding hydrogens is 487 g/mol. The molecule has 0 saturated carbocycles.